The van der Waals surface area contributed by atoms with Crippen molar-refractivity contribution in [1.29, 1.82) is 0 Å². The number of hydrazine groups is 1. The maximum Gasteiger partial charge on any atom is 0.335 e. The highest BCUT2D eigenvalue weighted by Crippen LogP contribution is 2.65. The van der Waals surface area contributed by atoms with Crippen molar-refractivity contribution in [3.8, 4) is 11.5 Å². The zero-order valence-corrected chi connectivity index (χ0v) is 31.9. The quantitative estimate of drug-likeness (QED) is 0.101. The third kappa shape index (κ3) is 6.13. The molecule has 2 aliphatic heterocycles. The lowest BCUT2D eigenvalue weighted by Gasteiger charge is -2.50. The Labute approximate surface area is 342 Å². The largest absolute Gasteiger partial charge is 0.508 e. The van der Waals surface area contributed by atoms with E-state index in [4.69, 9.17) is 16.3 Å². The molecule has 0 unspecified atom stereocenters. The molecular weight excluding hydrogens is 777 g/mol. The van der Waals surface area contributed by atoms with Gasteiger partial charge in [0.1, 0.15) is 23.9 Å². The molecule has 2 heterocycles. The van der Waals surface area contributed by atoms with E-state index in [2.05, 4.69) is 5.43 Å². The smallest absolute Gasteiger partial charge is 0.335 e. The number of halogens is 2. The molecule has 9 rings (SSSR count). The second kappa shape index (κ2) is 14.5. The molecule has 0 spiro atoms. The molecule has 4 amide bonds. The lowest BCUT2D eigenvalue weighted by molar-refractivity contribution is -0.138. The fourth-order valence-corrected chi connectivity index (χ4v) is 9.76. The van der Waals surface area contributed by atoms with Crippen LogP contribution in [-0.4, -0.2) is 44.8 Å². The Morgan fingerprint density at radius 1 is 0.847 bits per heavy atom. The van der Waals surface area contributed by atoms with E-state index in [0.29, 0.717) is 27.5 Å². The van der Waals surface area contributed by atoms with Crippen LogP contribution in [0.5, 0.6) is 11.5 Å². The van der Waals surface area contributed by atoms with Gasteiger partial charge in [0.25, 0.3) is 11.8 Å². The fraction of sp³-hybridized carbons (Fsp3) is 0.196. The Balaban J connectivity index is 1.20. The molecule has 2 saturated heterocycles. The van der Waals surface area contributed by atoms with Crippen LogP contribution in [0.1, 0.15) is 45.8 Å². The average molecular weight is 812 g/mol. The Morgan fingerprint density at radius 3 is 2.31 bits per heavy atom. The number of allylic oxidation sites excluding steroid dienone is 2. The number of aromatic hydroxyl groups is 1. The molecule has 3 N–H and O–H groups in total. The molecular formula is C46H35ClFN3O8. The van der Waals surface area contributed by atoms with Gasteiger partial charge in [-0.3, -0.25) is 29.5 Å². The van der Waals surface area contributed by atoms with Gasteiger partial charge in [0, 0.05) is 22.6 Å². The van der Waals surface area contributed by atoms with Gasteiger partial charge in [-0.05, 0) is 90.6 Å². The summed E-state index contributed by atoms with van der Waals surface area (Å²) in [6.45, 7) is 0.217. The molecule has 11 nitrogen and oxygen atoms in total. The molecule has 5 aromatic carbocycles. The number of benzene rings is 5. The van der Waals surface area contributed by atoms with E-state index in [1.54, 1.807) is 36.4 Å². The van der Waals surface area contributed by atoms with E-state index in [0.717, 1.165) is 15.5 Å². The van der Waals surface area contributed by atoms with Gasteiger partial charge in [-0.1, -0.05) is 77.8 Å². The van der Waals surface area contributed by atoms with Crippen LogP contribution in [0.15, 0.2) is 133 Å². The lowest BCUT2D eigenvalue weighted by atomic mass is 9.49. The van der Waals surface area contributed by atoms with E-state index in [9.17, 15) is 33.8 Å². The predicted molar refractivity (Wildman–Crippen MR) is 214 cm³/mol. The molecule has 1 saturated carbocycles. The first-order chi connectivity index (χ1) is 28.5. The van der Waals surface area contributed by atoms with Crippen LogP contribution in [0, 0.1) is 29.5 Å². The van der Waals surface area contributed by atoms with Crippen molar-refractivity contribution >= 4 is 52.6 Å². The molecule has 0 aromatic heterocycles. The van der Waals surface area contributed by atoms with Crippen molar-refractivity contribution in [2.24, 2.45) is 23.7 Å². The van der Waals surface area contributed by atoms with E-state index in [-0.39, 0.29) is 42.1 Å². The van der Waals surface area contributed by atoms with Crippen LogP contribution in [0.2, 0.25) is 5.02 Å². The van der Waals surface area contributed by atoms with Crippen LogP contribution in [0.3, 0.4) is 0 Å². The second-order valence-electron chi connectivity index (χ2n) is 15.2. The number of hydrogen-bond donors (Lipinski definition) is 3. The summed E-state index contributed by atoms with van der Waals surface area (Å²) in [4.78, 5) is 72.0. The molecule has 296 valence electrons. The van der Waals surface area contributed by atoms with Crippen LogP contribution >= 0.6 is 11.6 Å². The Kier molecular flexibility index (Phi) is 9.31. The fourth-order valence-electron chi connectivity index (χ4n) is 9.63. The van der Waals surface area contributed by atoms with Crippen molar-refractivity contribution in [2.75, 3.05) is 10.3 Å². The number of carboxylic acids is 1. The zero-order chi connectivity index (χ0) is 41.2. The Hall–Kier alpha value is -6.79. The van der Waals surface area contributed by atoms with Crippen LogP contribution in [0.25, 0.3) is 0 Å². The summed E-state index contributed by atoms with van der Waals surface area (Å²) < 4.78 is 20.0. The van der Waals surface area contributed by atoms with Crippen LogP contribution < -0.4 is 15.1 Å². The molecule has 59 heavy (non-hydrogen) atoms. The number of nitrogens with one attached hydrogen (secondary N) is 1. The van der Waals surface area contributed by atoms with Gasteiger partial charge in [-0.2, -0.15) is 5.01 Å². The van der Waals surface area contributed by atoms with Crippen molar-refractivity contribution in [3.05, 3.63) is 166 Å². The number of aromatic carboxylic acids is 1. The number of rotatable bonds is 9. The molecule has 0 bridgehead atoms. The number of carbonyl (C=O) groups is 5. The summed E-state index contributed by atoms with van der Waals surface area (Å²) in [5, 5.41) is 23.0. The zero-order valence-electron chi connectivity index (χ0n) is 31.1. The summed E-state index contributed by atoms with van der Waals surface area (Å²) in [6, 6.07) is 31.6. The van der Waals surface area contributed by atoms with Gasteiger partial charge in [0.2, 0.25) is 11.8 Å². The Morgan fingerprint density at radius 2 is 1.59 bits per heavy atom. The van der Waals surface area contributed by atoms with Gasteiger partial charge >= 0.3 is 5.97 Å². The minimum absolute atomic E-state index is 0.0284. The number of carboxylic acid groups (broad SMARTS) is 1. The number of imide groups is 2. The van der Waals surface area contributed by atoms with E-state index in [1.807, 2.05) is 36.4 Å². The molecule has 3 fully saturated rings. The van der Waals surface area contributed by atoms with Crippen molar-refractivity contribution < 1.29 is 43.3 Å². The number of amides is 4. The number of carbonyl (C=O) groups excluding carboxylic acids is 4. The normalized spacial score (nSPS) is 24.6. The number of phenols is 1. The lowest BCUT2D eigenvalue weighted by Crippen LogP contribution is -2.53. The summed E-state index contributed by atoms with van der Waals surface area (Å²) in [5.41, 5.74) is 3.70. The summed E-state index contributed by atoms with van der Waals surface area (Å²) in [7, 11) is 0. The number of hydrogen-bond acceptors (Lipinski definition) is 8. The highest BCUT2D eigenvalue weighted by atomic mass is 35.5. The number of fused-ring (bicyclic) bond motifs is 4. The highest BCUT2D eigenvalue weighted by Gasteiger charge is 2.70. The van der Waals surface area contributed by atoms with Crippen molar-refractivity contribution in [3.63, 3.8) is 0 Å². The SMILES string of the molecule is O=C(O)c1cccc(N2C(=O)[C@H]3[C@H](CC=C4[C@H]3C[C@H]3C(=O)N(Nc5ccc(F)cc5)C(=O)[C@@]3(c3ccc(Cl)cc3)[C@H]4c3ccc(OCc4ccccc4)cc3O)C2=O)c1. The predicted octanol–water partition coefficient (Wildman–Crippen LogP) is 7.65. The summed E-state index contributed by atoms with van der Waals surface area (Å²) in [5.74, 6) is -8.69. The molecule has 0 radical (unpaired) electrons. The molecule has 13 heteroatoms. The van der Waals surface area contributed by atoms with Gasteiger partial charge in [-0.15, -0.1) is 0 Å². The maximum atomic E-state index is 15.4. The third-order valence-corrected chi connectivity index (χ3v) is 12.4. The van der Waals surface area contributed by atoms with Gasteiger partial charge in [-0.25, -0.2) is 9.18 Å². The first-order valence-corrected chi connectivity index (χ1v) is 19.4. The number of ether oxygens (including phenoxy) is 1. The van der Waals surface area contributed by atoms with Gasteiger partial charge in [0.15, 0.2) is 0 Å². The topological polar surface area (TPSA) is 154 Å². The van der Waals surface area contributed by atoms with E-state index in [1.165, 1.54) is 54.6 Å². The first kappa shape index (κ1) is 37.8. The minimum Gasteiger partial charge on any atom is -0.508 e. The highest BCUT2D eigenvalue weighted by molar-refractivity contribution is 6.30. The van der Waals surface area contributed by atoms with Crippen molar-refractivity contribution in [2.45, 2.75) is 30.8 Å². The summed E-state index contributed by atoms with van der Waals surface area (Å²) in [6.07, 6.45) is 1.92. The monoisotopic (exact) mass is 811 g/mol. The maximum absolute atomic E-state index is 15.4. The van der Waals surface area contributed by atoms with E-state index < -0.39 is 70.4 Å². The molecule has 4 aliphatic rings. The number of anilines is 2. The second-order valence-corrected chi connectivity index (χ2v) is 15.7. The van der Waals surface area contributed by atoms with Crippen LogP contribution in [0.4, 0.5) is 15.8 Å². The Bertz CT molecular complexity index is 2580. The number of nitrogens with zero attached hydrogens (tertiary/aromatic N) is 2. The molecule has 6 atom stereocenters. The van der Waals surface area contributed by atoms with E-state index >= 15 is 4.79 Å². The molecule has 5 aromatic rings. The average Bonchev–Trinajstić information content (AvgIpc) is 3.62. The number of phenolic OH excluding ortho intramolecular Hbond substituents is 1. The first-order valence-electron chi connectivity index (χ1n) is 19.0. The van der Waals surface area contributed by atoms with Gasteiger partial charge in [0.05, 0.1) is 40.1 Å². The molecule has 2 aliphatic carbocycles. The standard InChI is InChI=1S/C46H35ClFN3O8/c47-28-11-9-27(10-12-28)46-37(42(54)51(45(46)58)49-30-15-13-29(48)14-16-30)23-36-33(40(46)34-18-17-32(22-38(34)52)59-24-25-5-2-1-3-6-25)19-20-35-39(36)43(55)50(41(35)53)31-8-4-7-26(21-31)44(56)57/h1-19,21-22,35-37,39-40,49,52H,20,23-24H2,(H,56,57)/t35-,36+,37-,39-,40+,46+/m0/s1. The summed E-state index contributed by atoms with van der Waals surface area (Å²) >= 11 is 6.39. The van der Waals surface area contributed by atoms with Crippen LogP contribution in [-0.2, 0) is 31.2 Å². The third-order valence-electron chi connectivity index (χ3n) is 12.2. The van der Waals surface area contributed by atoms with Crippen molar-refractivity contribution in [1.82, 2.24) is 5.01 Å². The minimum atomic E-state index is -1.71. The van der Waals surface area contributed by atoms with Gasteiger partial charge < -0.3 is 14.9 Å².